The average Bonchev–Trinajstić information content (AvgIpc) is 2.65. The third-order valence-corrected chi connectivity index (χ3v) is 4.89. The number of rotatable bonds is 6. The molecule has 28 heavy (non-hydrogen) atoms. The van der Waals surface area contributed by atoms with Gasteiger partial charge in [0.15, 0.2) is 5.16 Å². The molecule has 0 aliphatic rings. The van der Waals surface area contributed by atoms with Gasteiger partial charge in [-0.05, 0) is 23.8 Å². The van der Waals surface area contributed by atoms with Crippen molar-refractivity contribution in [3.63, 3.8) is 0 Å². The Morgan fingerprint density at radius 3 is 2.29 bits per heavy atom. The van der Waals surface area contributed by atoms with Crippen LogP contribution in [0.15, 0.2) is 46.3 Å². The van der Waals surface area contributed by atoms with Crippen molar-refractivity contribution in [1.82, 2.24) is 9.97 Å². The summed E-state index contributed by atoms with van der Waals surface area (Å²) in [7, 11) is 3.73. The number of nitrogens with zero attached hydrogens (tertiary/aromatic N) is 4. The molecule has 0 atom stereocenters. The van der Waals surface area contributed by atoms with Crippen LogP contribution in [-0.4, -0.2) is 33.9 Å². The minimum atomic E-state index is -0.681. The van der Waals surface area contributed by atoms with Crippen LogP contribution in [0.5, 0.6) is 0 Å². The van der Waals surface area contributed by atoms with Gasteiger partial charge in [-0.3, -0.25) is 25.0 Å². The maximum atomic E-state index is 12.4. The van der Waals surface area contributed by atoms with Crippen LogP contribution >= 0.6 is 11.8 Å². The van der Waals surface area contributed by atoms with E-state index >= 15 is 0 Å². The van der Waals surface area contributed by atoms with Crippen molar-refractivity contribution < 1.29 is 9.85 Å². The van der Waals surface area contributed by atoms with E-state index in [9.17, 15) is 25.0 Å². The quantitative estimate of drug-likeness (QED) is 0.288. The Kier molecular flexibility index (Phi) is 5.27. The minimum absolute atomic E-state index is 0.173. The number of hydrogen-bond acceptors (Lipinski definition) is 8. The lowest BCUT2D eigenvalue weighted by Crippen LogP contribution is -2.12. The maximum absolute atomic E-state index is 12.4. The van der Waals surface area contributed by atoms with Crippen LogP contribution in [0.3, 0.4) is 0 Å². The highest BCUT2D eigenvalue weighted by Gasteiger charge is 2.17. The Bertz CT molecular complexity index is 1110. The number of fused-ring (bicyclic) bond motifs is 1. The highest BCUT2D eigenvalue weighted by molar-refractivity contribution is 7.98. The minimum Gasteiger partial charge on any atom is -0.378 e. The Balaban J connectivity index is 1.89. The van der Waals surface area contributed by atoms with Crippen molar-refractivity contribution in [2.75, 3.05) is 19.0 Å². The lowest BCUT2D eigenvalue weighted by atomic mass is 10.2. The number of benzene rings is 2. The molecule has 0 radical (unpaired) electrons. The predicted octanol–water partition coefficient (Wildman–Crippen LogP) is 3.10. The highest BCUT2D eigenvalue weighted by Crippen LogP contribution is 2.27. The van der Waals surface area contributed by atoms with E-state index in [0.29, 0.717) is 21.6 Å². The summed E-state index contributed by atoms with van der Waals surface area (Å²) >= 11 is 1.13. The first kappa shape index (κ1) is 19.3. The van der Waals surface area contributed by atoms with Crippen LogP contribution in [0.4, 0.5) is 17.1 Å². The molecular weight excluding hydrogens is 386 g/mol. The number of aromatic nitrogens is 2. The molecule has 0 bridgehead atoms. The largest absolute Gasteiger partial charge is 0.378 e. The molecule has 0 aliphatic heterocycles. The Labute approximate surface area is 162 Å². The van der Waals surface area contributed by atoms with E-state index in [1.165, 1.54) is 12.1 Å². The van der Waals surface area contributed by atoms with Gasteiger partial charge < -0.3 is 9.88 Å². The molecule has 0 saturated carbocycles. The van der Waals surface area contributed by atoms with Crippen molar-refractivity contribution in [2.45, 2.75) is 10.9 Å². The summed E-state index contributed by atoms with van der Waals surface area (Å²) in [5.41, 5.74) is 0.741. The molecule has 3 rings (SSSR count). The van der Waals surface area contributed by atoms with Crippen molar-refractivity contribution in [2.24, 2.45) is 0 Å². The van der Waals surface area contributed by atoms with E-state index in [1.807, 2.05) is 25.1 Å². The molecule has 11 heteroatoms. The number of aromatic amines is 1. The van der Waals surface area contributed by atoms with Crippen LogP contribution in [0.1, 0.15) is 5.56 Å². The van der Waals surface area contributed by atoms with Crippen LogP contribution in [0, 0.1) is 20.2 Å². The van der Waals surface area contributed by atoms with Gasteiger partial charge in [-0.25, -0.2) is 4.98 Å². The normalized spacial score (nSPS) is 10.8. The first-order valence-corrected chi connectivity index (χ1v) is 9.00. The molecule has 2 aromatic carbocycles. The number of nitro groups is 2. The topological polar surface area (TPSA) is 135 Å². The number of hydrogen-bond donors (Lipinski definition) is 1. The van der Waals surface area contributed by atoms with E-state index in [2.05, 4.69) is 9.97 Å². The molecule has 1 N–H and O–H groups in total. The average molecular weight is 401 g/mol. The fourth-order valence-electron chi connectivity index (χ4n) is 2.55. The standard InChI is InChI=1S/C17H15N5O5S/c1-20(2)11-3-4-15-14(8-11)16(23)19-17(18-15)28-9-10-5-12(21(24)25)7-13(6-10)22(26)27/h3-8H,9H2,1-2H3,(H,18,19,23). The van der Waals surface area contributed by atoms with Crippen LogP contribution in [0.2, 0.25) is 0 Å². The van der Waals surface area contributed by atoms with Crippen LogP contribution < -0.4 is 10.5 Å². The molecule has 0 aliphatic carbocycles. The fraction of sp³-hybridized carbons (Fsp3) is 0.176. The smallest absolute Gasteiger partial charge is 0.276 e. The number of anilines is 1. The summed E-state index contributed by atoms with van der Waals surface area (Å²) in [5.74, 6) is 0.173. The molecule has 0 saturated heterocycles. The summed E-state index contributed by atoms with van der Waals surface area (Å²) in [6.07, 6.45) is 0. The maximum Gasteiger partial charge on any atom is 0.276 e. The van der Waals surface area contributed by atoms with Gasteiger partial charge in [0, 0.05) is 37.7 Å². The second-order valence-electron chi connectivity index (χ2n) is 6.13. The summed E-state index contributed by atoms with van der Waals surface area (Å²) in [6, 6.07) is 8.76. The van der Waals surface area contributed by atoms with Gasteiger partial charge in [0.25, 0.3) is 16.9 Å². The number of nitro benzene ring substituents is 2. The SMILES string of the molecule is CN(C)c1ccc2nc(SCc3cc([N+](=O)[O-])cc([N+](=O)[O-])c3)[nH]c(=O)c2c1. The summed E-state index contributed by atoms with van der Waals surface area (Å²) in [4.78, 5) is 41.9. The van der Waals surface area contributed by atoms with Gasteiger partial charge in [-0.15, -0.1) is 0 Å². The number of nitrogens with one attached hydrogen (secondary N) is 1. The van der Waals surface area contributed by atoms with Crippen molar-refractivity contribution in [1.29, 1.82) is 0 Å². The zero-order valence-corrected chi connectivity index (χ0v) is 15.7. The Hall–Kier alpha value is -3.47. The Morgan fingerprint density at radius 1 is 1.07 bits per heavy atom. The van der Waals surface area contributed by atoms with Gasteiger partial charge in [0.2, 0.25) is 0 Å². The van der Waals surface area contributed by atoms with Gasteiger partial charge in [-0.2, -0.15) is 0 Å². The van der Waals surface area contributed by atoms with E-state index in [-0.39, 0.29) is 22.7 Å². The lowest BCUT2D eigenvalue weighted by Gasteiger charge is -2.12. The van der Waals surface area contributed by atoms with Crippen molar-refractivity contribution in [3.8, 4) is 0 Å². The zero-order valence-electron chi connectivity index (χ0n) is 14.9. The summed E-state index contributed by atoms with van der Waals surface area (Å²) in [6.45, 7) is 0. The molecule has 1 heterocycles. The number of H-pyrrole nitrogens is 1. The van der Waals surface area contributed by atoms with E-state index in [4.69, 9.17) is 0 Å². The van der Waals surface area contributed by atoms with E-state index in [0.717, 1.165) is 23.5 Å². The second-order valence-corrected chi connectivity index (χ2v) is 7.09. The van der Waals surface area contributed by atoms with E-state index in [1.54, 1.807) is 12.1 Å². The zero-order chi connectivity index (χ0) is 20.4. The third kappa shape index (κ3) is 4.09. The fourth-order valence-corrected chi connectivity index (χ4v) is 3.35. The van der Waals surface area contributed by atoms with Crippen molar-refractivity contribution in [3.05, 3.63) is 72.5 Å². The first-order valence-electron chi connectivity index (χ1n) is 8.01. The van der Waals surface area contributed by atoms with Crippen LogP contribution in [-0.2, 0) is 5.75 Å². The molecule has 0 fully saturated rings. The third-order valence-electron chi connectivity index (χ3n) is 3.94. The highest BCUT2D eigenvalue weighted by atomic mass is 32.2. The number of non-ortho nitro benzene ring substituents is 2. The van der Waals surface area contributed by atoms with Gasteiger partial charge in [0.05, 0.1) is 26.8 Å². The molecule has 144 valence electrons. The predicted molar refractivity (Wildman–Crippen MR) is 106 cm³/mol. The van der Waals surface area contributed by atoms with Gasteiger partial charge in [0.1, 0.15) is 0 Å². The monoisotopic (exact) mass is 401 g/mol. The lowest BCUT2D eigenvalue weighted by molar-refractivity contribution is -0.394. The van der Waals surface area contributed by atoms with Gasteiger partial charge in [-0.1, -0.05) is 11.8 Å². The molecule has 0 spiro atoms. The molecule has 10 nitrogen and oxygen atoms in total. The first-order chi connectivity index (χ1) is 13.2. The molecule has 3 aromatic rings. The summed E-state index contributed by atoms with van der Waals surface area (Å²) < 4.78 is 0. The molecule has 0 unspecified atom stereocenters. The second kappa shape index (κ2) is 7.64. The molecule has 0 amide bonds. The number of thioether (sulfide) groups is 1. The summed E-state index contributed by atoms with van der Waals surface area (Å²) in [5, 5.41) is 22.7. The van der Waals surface area contributed by atoms with E-state index < -0.39 is 9.85 Å². The van der Waals surface area contributed by atoms with Crippen molar-refractivity contribution >= 4 is 39.7 Å². The molecular formula is C17H15N5O5S. The Morgan fingerprint density at radius 2 is 1.71 bits per heavy atom. The van der Waals surface area contributed by atoms with Crippen LogP contribution in [0.25, 0.3) is 10.9 Å². The molecule has 1 aromatic heterocycles. The van der Waals surface area contributed by atoms with Gasteiger partial charge >= 0.3 is 0 Å².